The van der Waals surface area contributed by atoms with E-state index in [-0.39, 0.29) is 5.91 Å². The summed E-state index contributed by atoms with van der Waals surface area (Å²) in [7, 11) is 0. The third-order valence-corrected chi connectivity index (χ3v) is 6.56. The quantitative estimate of drug-likeness (QED) is 0.896. The largest absolute Gasteiger partial charge is 0.326 e. The van der Waals surface area contributed by atoms with Gasteiger partial charge in [-0.3, -0.25) is 4.79 Å². The molecule has 1 saturated heterocycles. The number of nitrogens with zero attached hydrogens (tertiary/aromatic N) is 2. The minimum Gasteiger partial charge on any atom is -0.326 e. The first-order chi connectivity index (χ1) is 11.7. The number of benzene rings is 1. The average molecular weight is 343 g/mol. The van der Waals surface area contributed by atoms with Gasteiger partial charge < -0.3 is 10.2 Å². The summed E-state index contributed by atoms with van der Waals surface area (Å²) < 4.78 is 1.18. The number of hydrogen-bond acceptors (Lipinski definition) is 4. The van der Waals surface area contributed by atoms with Gasteiger partial charge >= 0.3 is 0 Å². The lowest BCUT2D eigenvalue weighted by molar-refractivity contribution is -0.115. The second-order valence-corrected chi connectivity index (χ2v) is 8.12. The molecule has 0 unspecified atom stereocenters. The van der Waals surface area contributed by atoms with Crippen molar-refractivity contribution < 1.29 is 4.79 Å². The van der Waals surface area contributed by atoms with E-state index in [9.17, 15) is 4.79 Å². The lowest BCUT2D eigenvalue weighted by Gasteiger charge is -2.43. The van der Waals surface area contributed by atoms with Gasteiger partial charge in [-0.05, 0) is 57.0 Å². The Labute approximate surface area is 147 Å². The number of hydrogen-bond donors (Lipinski definition) is 1. The Morgan fingerprint density at radius 1 is 1.29 bits per heavy atom. The summed E-state index contributed by atoms with van der Waals surface area (Å²) in [5.74, 6) is 0.686. The van der Waals surface area contributed by atoms with Gasteiger partial charge in [-0.1, -0.05) is 13.3 Å². The van der Waals surface area contributed by atoms with Crippen molar-refractivity contribution in [2.75, 3.05) is 18.4 Å². The van der Waals surface area contributed by atoms with Crippen molar-refractivity contribution >= 4 is 33.1 Å². The smallest absolute Gasteiger partial charge is 0.224 e. The van der Waals surface area contributed by atoms with Crippen LogP contribution in [0.5, 0.6) is 0 Å². The van der Waals surface area contributed by atoms with Crippen LogP contribution in [0.25, 0.3) is 10.2 Å². The summed E-state index contributed by atoms with van der Waals surface area (Å²) in [4.78, 5) is 19.1. The lowest BCUT2D eigenvalue weighted by atomic mass is 9.79. The van der Waals surface area contributed by atoms with Gasteiger partial charge in [-0.2, -0.15) is 0 Å². The summed E-state index contributed by atoms with van der Waals surface area (Å²) in [6, 6.07) is 6.82. The second kappa shape index (κ2) is 6.81. The van der Waals surface area contributed by atoms with Gasteiger partial charge in [0.1, 0.15) is 0 Å². The molecule has 1 amide bonds. The molecule has 24 heavy (non-hydrogen) atoms. The van der Waals surface area contributed by atoms with Gasteiger partial charge in [-0.25, -0.2) is 4.98 Å². The van der Waals surface area contributed by atoms with E-state index in [1.807, 2.05) is 19.1 Å². The molecule has 1 aliphatic heterocycles. The van der Waals surface area contributed by atoms with E-state index in [0.717, 1.165) is 17.2 Å². The van der Waals surface area contributed by atoms with Crippen LogP contribution in [-0.2, 0) is 4.79 Å². The molecule has 0 radical (unpaired) electrons. The van der Waals surface area contributed by atoms with Gasteiger partial charge in [0.2, 0.25) is 5.91 Å². The molecule has 0 atom stereocenters. The number of piperidine rings is 1. The topological polar surface area (TPSA) is 45.2 Å². The van der Waals surface area contributed by atoms with Crippen LogP contribution in [0.4, 0.5) is 5.69 Å². The maximum atomic E-state index is 11.5. The Kier molecular flexibility index (Phi) is 4.55. The van der Waals surface area contributed by atoms with Crippen LogP contribution in [0.15, 0.2) is 18.2 Å². The van der Waals surface area contributed by atoms with Crippen LogP contribution in [0.2, 0.25) is 0 Å². The number of carbonyl (C=O) groups is 1. The fourth-order valence-electron chi connectivity index (χ4n) is 3.82. The Balaban J connectivity index is 1.43. The molecule has 2 fully saturated rings. The molecule has 1 N–H and O–H groups in total. The monoisotopic (exact) mass is 343 g/mol. The first-order valence-corrected chi connectivity index (χ1v) is 9.99. The van der Waals surface area contributed by atoms with Crippen LogP contribution in [0.3, 0.4) is 0 Å². The predicted octanol–water partition coefficient (Wildman–Crippen LogP) is 4.38. The molecule has 2 aromatic rings. The third kappa shape index (κ3) is 3.20. The number of anilines is 1. The van der Waals surface area contributed by atoms with Gasteiger partial charge in [0.25, 0.3) is 0 Å². The van der Waals surface area contributed by atoms with E-state index >= 15 is 0 Å². The Morgan fingerprint density at radius 3 is 2.83 bits per heavy atom. The van der Waals surface area contributed by atoms with E-state index in [1.54, 1.807) is 11.3 Å². The van der Waals surface area contributed by atoms with Crippen LogP contribution >= 0.6 is 11.3 Å². The lowest BCUT2D eigenvalue weighted by Crippen LogP contribution is -2.46. The molecule has 0 bridgehead atoms. The fraction of sp³-hybridized carbons (Fsp3) is 0.579. The first kappa shape index (κ1) is 16.0. The zero-order valence-corrected chi connectivity index (χ0v) is 15.1. The summed E-state index contributed by atoms with van der Waals surface area (Å²) >= 11 is 1.80. The van der Waals surface area contributed by atoms with Gasteiger partial charge in [0, 0.05) is 24.1 Å². The van der Waals surface area contributed by atoms with Crippen LogP contribution in [0.1, 0.15) is 56.4 Å². The predicted molar refractivity (Wildman–Crippen MR) is 99.7 cm³/mol. The van der Waals surface area contributed by atoms with Crippen molar-refractivity contribution in [2.45, 2.75) is 57.4 Å². The molecule has 1 aromatic heterocycles. The first-order valence-electron chi connectivity index (χ1n) is 9.17. The highest BCUT2D eigenvalue weighted by Crippen LogP contribution is 2.43. The van der Waals surface area contributed by atoms with Crippen LogP contribution in [-0.4, -0.2) is 34.9 Å². The molecule has 1 aliphatic carbocycles. The molecule has 5 heteroatoms. The summed E-state index contributed by atoms with van der Waals surface area (Å²) in [6.07, 6.45) is 7.18. The maximum Gasteiger partial charge on any atom is 0.224 e. The van der Waals surface area contributed by atoms with Crippen LogP contribution in [0, 0.1) is 0 Å². The summed E-state index contributed by atoms with van der Waals surface area (Å²) in [5.41, 5.74) is 1.94. The number of nitrogens with one attached hydrogen (secondary N) is 1. The van der Waals surface area contributed by atoms with E-state index in [0.29, 0.717) is 12.3 Å². The van der Waals surface area contributed by atoms with E-state index in [4.69, 9.17) is 4.98 Å². The highest BCUT2D eigenvalue weighted by atomic mass is 32.1. The number of rotatable bonds is 4. The molecule has 4 rings (SSSR count). The van der Waals surface area contributed by atoms with Crippen molar-refractivity contribution in [3.63, 3.8) is 0 Å². The second-order valence-electron chi connectivity index (χ2n) is 7.06. The molecule has 4 nitrogen and oxygen atoms in total. The number of thiazole rings is 1. The number of fused-ring (bicyclic) bond motifs is 1. The van der Waals surface area contributed by atoms with Crippen molar-refractivity contribution in [3.8, 4) is 0 Å². The van der Waals surface area contributed by atoms with E-state index in [2.05, 4.69) is 16.3 Å². The molecule has 2 heterocycles. The molecule has 1 aromatic carbocycles. The zero-order chi connectivity index (χ0) is 16.5. The highest BCUT2D eigenvalue weighted by molar-refractivity contribution is 7.18. The normalized spacial score (nSPS) is 24.7. The molecule has 1 saturated carbocycles. The Morgan fingerprint density at radius 2 is 2.08 bits per heavy atom. The number of aromatic nitrogens is 1. The van der Waals surface area contributed by atoms with E-state index < -0.39 is 0 Å². The minimum absolute atomic E-state index is 0.0578. The summed E-state index contributed by atoms with van der Waals surface area (Å²) in [5, 5.41) is 4.21. The number of amides is 1. The zero-order valence-electron chi connectivity index (χ0n) is 14.3. The Hall–Kier alpha value is -1.46. The standard InChI is InChI=1S/C19H25N3OS/c1-2-18(23)20-14-6-7-16-17(12-14)24-19(21-16)13-10-15(11-13)22-8-4-3-5-9-22/h6-7,12-13,15H,2-5,8-11H2,1H3,(H,20,23)/t13-,15-. The average Bonchev–Trinajstić information content (AvgIpc) is 2.97. The van der Waals surface area contributed by atoms with Gasteiger partial charge in [0.15, 0.2) is 0 Å². The molecular formula is C19H25N3OS. The van der Waals surface area contributed by atoms with Gasteiger partial charge in [0.05, 0.1) is 15.2 Å². The molecular weight excluding hydrogens is 318 g/mol. The SMILES string of the molecule is CCC(=O)Nc1ccc2nc([C@H]3C[C@H](N4CCCCC4)C3)sc2c1. The number of likely N-dealkylation sites (tertiary alicyclic amines) is 1. The molecule has 128 valence electrons. The van der Waals surface area contributed by atoms with Crippen molar-refractivity contribution in [3.05, 3.63) is 23.2 Å². The number of carbonyl (C=O) groups excluding carboxylic acids is 1. The van der Waals surface area contributed by atoms with E-state index in [1.165, 1.54) is 54.9 Å². The van der Waals surface area contributed by atoms with Gasteiger partial charge in [-0.15, -0.1) is 11.3 Å². The Bertz CT molecular complexity index is 729. The third-order valence-electron chi connectivity index (χ3n) is 5.38. The van der Waals surface area contributed by atoms with Crippen molar-refractivity contribution in [1.29, 1.82) is 0 Å². The molecule has 0 spiro atoms. The van der Waals surface area contributed by atoms with Crippen molar-refractivity contribution in [1.82, 2.24) is 9.88 Å². The summed E-state index contributed by atoms with van der Waals surface area (Å²) in [6.45, 7) is 4.45. The molecule has 2 aliphatic rings. The highest BCUT2D eigenvalue weighted by Gasteiger charge is 2.36. The maximum absolute atomic E-state index is 11.5. The van der Waals surface area contributed by atoms with Crippen LogP contribution < -0.4 is 5.32 Å². The fourth-order valence-corrected chi connectivity index (χ4v) is 4.95. The van der Waals surface area contributed by atoms with Crippen molar-refractivity contribution in [2.24, 2.45) is 0 Å². The minimum atomic E-state index is 0.0578.